The van der Waals surface area contributed by atoms with Crippen LogP contribution in [0.1, 0.15) is 31.5 Å². The quantitative estimate of drug-likeness (QED) is 0.639. The van der Waals surface area contributed by atoms with Gasteiger partial charge in [0.05, 0.1) is 20.1 Å². The molecule has 1 amide bonds. The van der Waals surface area contributed by atoms with E-state index in [9.17, 15) is 4.79 Å². The van der Waals surface area contributed by atoms with Crippen LogP contribution in [0.5, 0.6) is 11.5 Å². The number of aryl methyl sites for hydroxylation is 1. The average molecular weight is 406 g/mol. The van der Waals surface area contributed by atoms with E-state index in [-0.39, 0.29) is 12.3 Å². The fourth-order valence-electron chi connectivity index (χ4n) is 3.56. The normalized spacial score (nSPS) is 13.2. The highest BCUT2D eigenvalue weighted by Crippen LogP contribution is 2.24. The number of benzene rings is 2. The number of fused-ring (bicyclic) bond motifs is 1. The number of nitrogens with zero attached hydrogens (tertiary/aromatic N) is 3. The van der Waals surface area contributed by atoms with Gasteiger partial charge in [-0.2, -0.15) is 0 Å². The third-order valence-corrected chi connectivity index (χ3v) is 5.19. The molecule has 156 valence electrons. The number of hydrogen-bond acceptors (Lipinski definition) is 5. The molecule has 0 fully saturated rings. The summed E-state index contributed by atoms with van der Waals surface area (Å²) in [5.74, 6) is 3.35. The van der Waals surface area contributed by atoms with Crippen molar-refractivity contribution < 1.29 is 14.3 Å². The molecular weight excluding hydrogens is 380 g/mol. The number of carbonyl (C=O) groups excluding carboxylic acids is 1. The first-order valence-corrected chi connectivity index (χ1v) is 10.3. The molecule has 2 heterocycles. The average Bonchev–Trinajstić information content (AvgIpc) is 3.03. The highest BCUT2D eigenvalue weighted by molar-refractivity contribution is 5.91. The zero-order valence-corrected chi connectivity index (χ0v) is 17.1. The van der Waals surface area contributed by atoms with Crippen LogP contribution in [-0.4, -0.2) is 34.4 Å². The number of aromatic nitrogens is 3. The van der Waals surface area contributed by atoms with Crippen LogP contribution >= 0.6 is 0 Å². The lowest BCUT2D eigenvalue weighted by Crippen LogP contribution is -2.15. The van der Waals surface area contributed by atoms with Gasteiger partial charge in [-0.3, -0.25) is 4.79 Å². The Kier molecular flexibility index (Phi) is 6.27. The first-order chi connectivity index (χ1) is 14.7. The molecule has 7 nitrogen and oxygen atoms in total. The Morgan fingerprint density at radius 1 is 1.00 bits per heavy atom. The first-order valence-electron chi connectivity index (χ1n) is 10.3. The predicted molar refractivity (Wildman–Crippen MR) is 115 cm³/mol. The topological polar surface area (TPSA) is 78.3 Å². The van der Waals surface area contributed by atoms with E-state index >= 15 is 0 Å². The van der Waals surface area contributed by atoms with Gasteiger partial charge in [-0.25, -0.2) is 0 Å². The second-order valence-electron chi connectivity index (χ2n) is 7.30. The van der Waals surface area contributed by atoms with Crippen LogP contribution in [-0.2, 0) is 17.8 Å². The highest BCUT2D eigenvalue weighted by atomic mass is 16.5. The number of hydrogen-bond donors (Lipinski definition) is 1. The summed E-state index contributed by atoms with van der Waals surface area (Å²) in [5, 5.41) is 11.6. The Bertz CT molecular complexity index is 981. The van der Waals surface area contributed by atoms with E-state index in [0.717, 1.165) is 48.0 Å². The van der Waals surface area contributed by atoms with Crippen LogP contribution in [0.15, 0.2) is 48.5 Å². The van der Waals surface area contributed by atoms with E-state index in [1.807, 2.05) is 48.5 Å². The smallest absolute Gasteiger partial charge is 0.227 e. The minimum absolute atomic E-state index is 0.0902. The van der Waals surface area contributed by atoms with Crippen molar-refractivity contribution in [1.29, 1.82) is 0 Å². The SMILES string of the molecule is COc1ccc(OCCC(=O)Nc2ccc(-c3nnc4n3CCCCC4)cc2)cc1. The summed E-state index contributed by atoms with van der Waals surface area (Å²) >= 11 is 0. The van der Waals surface area contributed by atoms with E-state index in [1.54, 1.807) is 7.11 Å². The van der Waals surface area contributed by atoms with E-state index in [0.29, 0.717) is 12.4 Å². The van der Waals surface area contributed by atoms with Gasteiger partial charge in [0.25, 0.3) is 0 Å². The molecule has 1 aliphatic rings. The molecule has 0 saturated heterocycles. The number of anilines is 1. The molecule has 3 aromatic rings. The lowest BCUT2D eigenvalue weighted by molar-refractivity contribution is -0.116. The molecule has 1 aromatic heterocycles. The first kappa shape index (κ1) is 19.9. The molecule has 2 aromatic carbocycles. The Hall–Kier alpha value is -3.35. The van der Waals surface area contributed by atoms with Crippen LogP contribution in [0.25, 0.3) is 11.4 Å². The Labute approximate surface area is 176 Å². The fraction of sp³-hybridized carbons (Fsp3) is 0.348. The number of amides is 1. The van der Waals surface area contributed by atoms with Crippen LogP contribution in [0.4, 0.5) is 5.69 Å². The van der Waals surface area contributed by atoms with Crippen molar-refractivity contribution in [2.75, 3.05) is 19.0 Å². The maximum absolute atomic E-state index is 12.2. The molecule has 0 spiro atoms. The minimum atomic E-state index is -0.0902. The fourth-order valence-corrected chi connectivity index (χ4v) is 3.56. The largest absolute Gasteiger partial charge is 0.497 e. The summed E-state index contributed by atoms with van der Waals surface area (Å²) < 4.78 is 12.9. The van der Waals surface area contributed by atoms with Gasteiger partial charge in [0.2, 0.25) is 5.91 Å². The second-order valence-corrected chi connectivity index (χ2v) is 7.30. The number of methoxy groups -OCH3 is 1. The summed E-state index contributed by atoms with van der Waals surface area (Å²) in [5.41, 5.74) is 1.76. The third kappa shape index (κ3) is 4.79. The van der Waals surface area contributed by atoms with E-state index < -0.39 is 0 Å². The zero-order valence-electron chi connectivity index (χ0n) is 17.1. The van der Waals surface area contributed by atoms with Crippen LogP contribution < -0.4 is 14.8 Å². The standard InChI is InChI=1S/C23H26N4O3/c1-29-19-10-12-20(13-11-19)30-16-14-22(28)24-18-8-6-17(7-9-18)23-26-25-21-5-3-2-4-15-27(21)23/h6-13H,2-5,14-16H2,1H3,(H,24,28). The summed E-state index contributed by atoms with van der Waals surface area (Å²) in [6, 6.07) is 15.0. The molecule has 7 heteroatoms. The predicted octanol–water partition coefficient (Wildman–Crippen LogP) is 4.09. The van der Waals surface area contributed by atoms with Crippen molar-refractivity contribution in [2.24, 2.45) is 0 Å². The Balaban J connectivity index is 1.30. The van der Waals surface area contributed by atoms with Gasteiger partial charge < -0.3 is 19.4 Å². The van der Waals surface area contributed by atoms with Crippen molar-refractivity contribution >= 4 is 11.6 Å². The van der Waals surface area contributed by atoms with Gasteiger partial charge in [0.1, 0.15) is 17.3 Å². The van der Waals surface area contributed by atoms with Crippen molar-refractivity contribution in [3.63, 3.8) is 0 Å². The summed E-state index contributed by atoms with van der Waals surface area (Å²) in [7, 11) is 1.62. The van der Waals surface area contributed by atoms with Gasteiger partial charge in [-0.1, -0.05) is 6.42 Å². The van der Waals surface area contributed by atoms with Crippen molar-refractivity contribution in [3.05, 3.63) is 54.4 Å². The monoisotopic (exact) mass is 406 g/mol. The summed E-state index contributed by atoms with van der Waals surface area (Å²) in [4.78, 5) is 12.2. The summed E-state index contributed by atoms with van der Waals surface area (Å²) in [6.07, 6.45) is 4.82. The Morgan fingerprint density at radius 2 is 1.77 bits per heavy atom. The number of carbonyl (C=O) groups is 1. The molecule has 0 atom stereocenters. The lowest BCUT2D eigenvalue weighted by atomic mass is 10.2. The zero-order chi connectivity index (χ0) is 20.8. The maximum atomic E-state index is 12.2. The number of ether oxygens (including phenoxy) is 2. The number of nitrogens with one attached hydrogen (secondary N) is 1. The van der Waals surface area contributed by atoms with E-state index in [4.69, 9.17) is 9.47 Å². The maximum Gasteiger partial charge on any atom is 0.227 e. The second kappa shape index (κ2) is 9.43. The minimum Gasteiger partial charge on any atom is -0.497 e. The molecule has 30 heavy (non-hydrogen) atoms. The summed E-state index contributed by atoms with van der Waals surface area (Å²) in [6.45, 7) is 1.27. The lowest BCUT2D eigenvalue weighted by Gasteiger charge is -2.09. The number of rotatable bonds is 7. The van der Waals surface area contributed by atoms with Crippen molar-refractivity contribution in [1.82, 2.24) is 14.8 Å². The molecule has 0 saturated carbocycles. The van der Waals surface area contributed by atoms with Gasteiger partial charge in [-0.05, 0) is 61.4 Å². The van der Waals surface area contributed by atoms with Gasteiger partial charge >= 0.3 is 0 Å². The molecule has 1 aliphatic heterocycles. The molecule has 0 bridgehead atoms. The van der Waals surface area contributed by atoms with Gasteiger partial charge in [0, 0.05) is 24.2 Å². The molecule has 0 radical (unpaired) electrons. The highest BCUT2D eigenvalue weighted by Gasteiger charge is 2.16. The molecular formula is C23H26N4O3. The third-order valence-electron chi connectivity index (χ3n) is 5.19. The molecule has 4 rings (SSSR count). The van der Waals surface area contributed by atoms with Crippen LogP contribution in [0.3, 0.4) is 0 Å². The molecule has 0 aliphatic carbocycles. The Morgan fingerprint density at radius 3 is 2.53 bits per heavy atom. The van der Waals surface area contributed by atoms with E-state index in [2.05, 4.69) is 20.1 Å². The van der Waals surface area contributed by atoms with E-state index in [1.165, 1.54) is 12.8 Å². The van der Waals surface area contributed by atoms with Gasteiger partial charge in [0.15, 0.2) is 5.82 Å². The molecule has 0 unspecified atom stereocenters. The van der Waals surface area contributed by atoms with Crippen molar-refractivity contribution in [3.8, 4) is 22.9 Å². The van der Waals surface area contributed by atoms with Crippen molar-refractivity contribution in [2.45, 2.75) is 38.6 Å². The van der Waals surface area contributed by atoms with Gasteiger partial charge in [-0.15, -0.1) is 10.2 Å². The molecule has 1 N–H and O–H groups in total. The van der Waals surface area contributed by atoms with Crippen LogP contribution in [0, 0.1) is 0 Å². The van der Waals surface area contributed by atoms with Crippen LogP contribution in [0.2, 0.25) is 0 Å².